The molecule has 36 heavy (non-hydrogen) atoms. The summed E-state index contributed by atoms with van der Waals surface area (Å²) < 4.78 is 10.1. The number of Topliss-reactive ketones (excluding diaryl/α,β-unsaturated/α-hetero) is 1. The maximum atomic E-state index is 12.0. The number of nitrogens with zero attached hydrogens (tertiary/aromatic N) is 3. The van der Waals surface area contributed by atoms with Crippen LogP contribution in [0.5, 0.6) is 0 Å². The Balaban J connectivity index is 3.53. The van der Waals surface area contributed by atoms with Crippen molar-refractivity contribution in [1.82, 2.24) is 5.32 Å². The number of esters is 2. The van der Waals surface area contributed by atoms with Crippen molar-refractivity contribution in [3.05, 3.63) is 10.4 Å². The van der Waals surface area contributed by atoms with Crippen LogP contribution in [0.25, 0.3) is 10.4 Å². The molecule has 9 heteroatoms. The molecule has 0 aliphatic rings. The SMILES string of the molecule is COC(=O)[C@H](CCN=[N+]=[N-])NCCCCCCCCCCC(=O)CCCCCCC(=O)OC(C)(C)C. The van der Waals surface area contributed by atoms with E-state index < -0.39 is 11.6 Å². The first-order chi connectivity index (χ1) is 17.2. The number of hydrogen-bond acceptors (Lipinski definition) is 7. The molecule has 1 atom stereocenters. The molecule has 0 aromatic carbocycles. The topological polar surface area (TPSA) is 130 Å². The highest BCUT2D eigenvalue weighted by molar-refractivity contribution is 5.78. The highest BCUT2D eigenvalue weighted by atomic mass is 16.6. The number of ether oxygens (including phenoxy) is 2. The fraction of sp³-hybridized carbons (Fsp3) is 0.889. The lowest BCUT2D eigenvalue weighted by Crippen LogP contribution is -2.38. The fourth-order valence-corrected chi connectivity index (χ4v) is 3.92. The van der Waals surface area contributed by atoms with E-state index in [1.807, 2.05) is 20.8 Å². The third kappa shape index (κ3) is 22.4. The molecule has 0 radical (unpaired) electrons. The van der Waals surface area contributed by atoms with E-state index in [0.717, 1.165) is 64.3 Å². The molecule has 9 nitrogen and oxygen atoms in total. The molecule has 0 saturated carbocycles. The van der Waals surface area contributed by atoms with Crippen molar-refractivity contribution in [3.63, 3.8) is 0 Å². The van der Waals surface area contributed by atoms with Crippen molar-refractivity contribution in [2.45, 2.75) is 135 Å². The number of carbonyl (C=O) groups is 3. The Morgan fingerprint density at radius 3 is 1.83 bits per heavy atom. The molecule has 0 saturated heterocycles. The summed E-state index contributed by atoms with van der Waals surface area (Å²) in [7, 11) is 1.36. The first kappa shape index (κ1) is 33.9. The minimum atomic E-state index is -0.424. The van der Waals surface area contributed by atoms with Gasteiger partial charge in [-0.3, -0.25) is 14.4 Å². The molecular formula is C27H50N4O5. The van der Waals surface area contributed by atoms with Crippen LogP contribution in [0.15, 0.2) is 5.11 Å². The van der Waals surface area contributed by atoms with Gasteiger partial charge in [0.2, 0.25) is 0 Å². The normalized spacial score (nSPS) is 12.0. The number of hydrogen-bond donors (Lipinski definition) is 1. The second kappa shape index (κ2) is 22.1. The zero-order valence-electron chi connectivity index (χ0n) is 23.2. The van der Waals surface area contributed by atoms with Crippen molar-refractivity contribution in [2.75, 3.05) is 20.2 Å². The minimum Gasteiger partial charge on any atom is -0.468 e. The zero-order chi connectivity index (χ0) is 27.1. The van der Waals surface area contributed by atoms with Gasteiger partial charge in [-0.1, -0.05) is 56.5 Å². The van der Waals surface area contributed by atoms with E-state index in [1.54, 1.807) is 0 Å². The highest BCUT2D eigenvalue weighted by Crippen LogP contribution is 2.14. The molecule has 0 aromatic heterocycles. The number of azide groups is 1. The third-order valence-corrected chi connectivity index (χ3v) is 5.85. The molecule has 0 rings (SSSR count). The average Bonchev–Trinajstić information content (AvgIpc) is 2.81. The van der Waals surface area contributed by atoms with Gasteiger partial charge in [-0.2, -0.15) is 0 Å². The van der Waals surface area contributed by atoms with Crippen molar-refractivity contribution in [2.24, 2.45) is 5.11 Å². The van der Waals surface area contributed by atoms with Gasteiger partial charge in [0, 0.05) is 30.7 Å². The molecule has 0 aliphatic carbocycles. The smallest absolute Gasteiger partial charge is 0.322 e. The Bertz CT molecular complexity index is 657. The van der Waals surface area contributed by atoms with E-state index in [2.05, 4.69) is 15.3 Å². The molecule has 0 aliphatic heterocycles. The summed E-state index contributed by atoms with van der Waals surface area (Å²) in [5.41, 5.74) is 7.93. The van der Waals surface area contributed by atoms with Crippen LogP contribution in [-0.4, -0.2) is 49.6 Å². The van der Waals surface area contributed by atoms with Crippen LogP contribution in [0, 0.1) is 0 Å². The molecular weight excluding hydrogens is 460 g/mol. The number of unbranched alkanes of at least 4 members (excludes halogenated alkanes) is 10. The van der Waals surface area contributed by atoms with Crippen molar-refractivity contribution in [3.8, 4) is 0 Å². The maximum Gasteiger partial charge on any atom is 0.322 e. The predicted octanol–water partition coefficient (Wildman–Crippen LogP) is 6.58. The maximum absolute atomic E-state index is 12.0. The molecule has 0 aromatic rings. The summed E-state index contributed by atoms with van der Waals surface area (Å²) in [6.45, 7) is 6.64. The number of ketones is 1. The molecule has 0 unspecified atom stereocenters. The van der Waals surface area contributed by atoms with Gasteiger partial charge in [-0.05, 0) is 65.0 Å². The Morgan fingerprint density at radius 1 is 0.833 bits per heavy atom. The van der Waals surface area contributed by atoms with Gasteiger partial charge in [0.1, 0.15) is 17.4 Å². The molecule has 208 valence electrons. The summed E-state index contributed by atoms with van der Waals surface area (Å²) in [5.74, 6) is -0.101. The Labute approximate surface area is 218 Å². The van der Waals surface area contributed by atoms with E-state index in [4.69, 9.17) is 15.0 Å². The lowest BCUT2D eigenvalue weighted by Gasteiger charge is -2.19. The Kier molecular flexibility index (Phi) is 20.8. The molecule has 0 fully saturated rings. The van der Waals surface area contributed by atoms with Gasteiger partial charge in [-0.25, -0.2) is 0 Å². The second-order valence-corrected chi connectivity index (χ2v) is 10.4. The van der Waals surface area contributed by atoms with E-state index in [-0.39, 0.29) is 18.5 Å². The number of carbonyl (C=O) groups excluding carboxylic acids is 3. The standard InChI is InChI=1S/C27H50N4O5/c1-27(2,3)36-25(33)19-15-11-10-14-18-23(32)17-13-9-7-5-6-8-12-16-21-29-24(26(34)35-4)20-22-30-31-28/h24,29H,5-22H2,1-4H3/t24-/m0/s1. The monoisotopic (exact) mass is 510 g/mol. The average molecular weight is 511 g/mol. The van der Waals surface area contributed by atoms with Crippen LogP contribution in [0.2, 0.25) is 0 Å². The van der Waals surface area contributed by atoms with Crippen molar-refractivity contribution >= 4 is 17.7 Å². The first-order valence-electron chi connectivity index (χ1n) is 13.7. The molecule has 0 spiro atoms. The first-order valence-corrected chi connectivity index (χ1v) is 13.7. The van der Waals surface area contributed by atoms with Crippen molar-refractivity contribution < 1.29 is 23.9 Å². The van der Waals surface area contributed by atoms with E-state index >= 15 is 0 Å². The predicted molar refractivity (Wildman–Crippen MR) is 143 cm³/mol. The minimum absolute atomic E-state index is 0.139. The zero-order valence-corrected chi connectivity index (χ0v) is 23.2. The van der Waals surface area contributed by atoms with Crippen LogP contribution in [0.3, 0.4) is 0 Å². The van der Waals surface area contributed by atoms with Gasteiger partial charge >= 0.3 is 11.9 Å². The summed E-state index contributed by atoms with van der Waals surface area (Å²) in [4.78, 5) is 38.1. The number of nitrogens with one attached hydrogen (secondary N) is 1. The molecule has 0 amide bonds. The summed E-state index contributed by atoms with van der Waals surface area (Å²) in [6.07, 6.45) is 14.8. The van der Waals surface area contributed by atoms with E-state index in [0.29, 0.717) is 31.5 Å². The summed E-state index contributed by atoms with van der Waals surface area (Å²) in [6, 6.07) is -0.424. The van der Waals surface area contributed by atoms with Crippen LogP contribution in [0.1, 0.15) is 124 Å². The molecule has 0 heterocycles. The number of rotatable bonds is 23. The van der Waals surface area contributed by atoms with Crippen molar-refractivity contribution in [1.29, 1.82) is 0 Å². The number of methoxy groups -OCH3 is 1. The van der Waals surface area contributed by atoms with Gasteiger partial charge < -0.3 is 14.8 Å². The van der Waals surface area contributed by atoms with Gasteiger partial charge in [0.25, 0.3) is 0 Å². The Hall–Kier alpha value is -2.12. The van der Waals surface area contributed by atoms with Gasteiger partial charge in [0.05, 0.1) is 7.11 Å². The lowest BCUT2D eigenvalue weighted by molar-refractivity contribution is -0.155. The van der Waals surface area contributed by atoms with Gasteiger partial charge in [0.15, 0.2) is 0 Å². The van der Waals surface area contributed by atoms with Crippen LogP contribution in [0.4, 0.5) is 0 Å². The summed E-state index contributed by atoms with van der Waals surface area (Å²) in [5, 5.41) is 6.66. The lowest BCUT2D eigenvalue weighted by atomic mass is 10.0. The van der Waals surface area contributed by atoms with Crippen LogP contribution in [-0.2, 0) is 23.9 Å². The van der Waals surface area contributed by atoms with E-state index in [1.165, 1.54) is 26.4 Å². The Morgan fingerprint density at radius 2 is 1.33 bits per heavy atom. The van der Waals surface area contributed by atoms with E-state index in [9.17, 15) is 14.4 Å². The third-order valence-electron chi connectivity index (χ3n) is 5.85. The largest absolute Gasteiger partial charge is 0.468 e. The van der Waals surface area contributed by atoms with Crippen LogP contribution < -0.4 is 5.32 Å². The molecule has 1 N–H and O–H groups in total. The second-order valence-electron chi connectivity index (χ2n) is 10.4. The molecule has 0 bridgehead atoms. The highest BCUT2D eigenvalue weighted by Gasteiger charge is 2.17. The fourth-order valence-electron chi connectivity index (χ4n) is 3.92. The van der Waals surface area contributed by atoms with Crippen LogP contribution >= 0.6 is 0 Å². The summed E-state index contributed by atoms with van der Waals surface area (Å²) >= 11 is 0. The quantitative estimate of drug-likeness (QED) is 0.0543. The van der Waals surface area contributed by atoms with Gasteiger partial charge in [-0.15, -0.1) is 0 Å².